The van der Waals surface area contributed by atoms with E-state index >= 15 is 0 Å². The zero-order chi connectivity index (χ0) is 16.5. The fraction of sp³-hybridized carbons (Fsp3) is 1.00. The maximum atomic E-state index is 5.73. The molecule has 0 fully saturated rings. The molecule has 0 aromatic carbocycles. The van der Waals surface area contributed by atoms with Crippen LogP contribution in [0.15, 0.2) is 0 Å². The van der Waals surface area contributed by atoms with Gasteiger partial charge in [0.2, 0.25) is 0 Å². The van der Waals surface area contributed by atoms with E-state index in [0.29, 0.717) is 13.2 Å². The standard InChI is InChI=1S/C15H32O6/c1-15(2,12(19-6)10-17-4)14(21-8)13(20-7)11(18-5)9-16-3/h11-14H,9-10H2,1-8H3. The van der Waals surface area contributed by atoms with Crippen molar-refractivity contribution in [3.8, 4) is 0 Å². The molecule has 4 unspecified atom stereocenters. The van der Waals surface area contributed by atoms with Crippen LogP contribution in [0.1, 0.15) is 13.8 Å². The Morgan fingerprint density at radius 2 is 1.29 bits per heavy atom. The van der Waals surface area contributed by atoms with Gasteiger partial charge in [0, 0.05) is 48.1 Å². The molecule has 0 spiro atoms. The predicted octanol–water partition coefficient (Wildman–Crippen LogP) is 1.37. The first-order valence-corrected chi connectivity index (χ1v) is 7.03. The van der Waals surface area contributed by atoms with Gasteiger partial charge >= 0.3 is 0 Å². The second-order valence-electron chi connectivity index (χ2n) is 5.59. The zero-order valence-corrected chi connectivity index (χ0v) is 14.7. The van der Waals surface area contributed by atoms with E-state index in [1.807, 2.05) is 0 Å². The van der Waals surface area contributed by atoms with E-state index in [2.05, 4.69) is 13.8 Å². The number of hydrogen-bond acceptors (Lipinski definition) is 6. The summed E-state index contributed by atoms with van der Waals surface area (Å²) >= 11 is 0. The van der Waals surface area contributed by atoms with Crippen LogP contribution in [-0.2, 0) is 28.4 Å². The van der Waals surface area contributed by atoms with Crippen LogP contribution in [0.4, 0.5) is 0 Å². The van der Waals surface area contributed by atoms with Gasteiger partial charge in [0.05, 0.1) is 25.4 Å². The minimum absolute atomic E-state index is 0.134. The van der Waals surface area contributed by atoms with Crippen LogP contribution in [0, 0.1) is 5.41 Å². The molecular weight excluding hydrogens is 276 g/mol. The molecule has 0 amide bonds. The molecule has 0 saturated heterocycles. The Labute approximate surface area is 129 Å². The molecular formula is C15H32O6. The maximum absolute atomic E-state index is 5.73. The predicted molar refractivity (Wildman–Crippen MR) is 80.7 cm³/mol. The van der Waals surface area contributed by atoms with Gasteiger partial charge in [-0.05, 0) is 0 Å². The van der Waals surface area contributed by atoms with Crippen molar-refractivity contribution in [3.05, 3.63) is 0 Å². The van der Waals surface area contributed by atoms with Crippen molar-refractivity contribution >= 4 is 0 Å². The first-order valence-electron chi connectivity index (χ1n) is 7.03. The van der Waals surface area contributed by atoms with Gasteiger partial charge in [-0.25, -0.2) is 0 Å². The van der Waals surface area contributed by atoms with Gasteiger partial charge in [-0.3, -0.25) is 0 Å². The van der Waals surface area contributed by atoms with Crippen molar-refractivity contribution in [2.75, 3.05) is 55.9 Å². The van der Waals surface area contributed by atoms with Crippen molar-refractivity contribution in [1.82, 2.24) is 0 Å². The molecule has 0 aliphatic rings. The molecule has 0 rings (SSSR count). The molecule has 0 aliphatic heterocycles. The average Bonchev–Trinajstić information content (AvgIpc) is 2.47. The largest absolute Gasteiger partial charge is 0.382 e. The Kier molecular flexibility index (Phi) is 10.4. The van der Waals surface area contributed by atoms with Crippen LogP contribution in [0.2, 0.25) is 0 Å². The monoisotopic (exact) mass is 308 g/mol. The maximum Gasteiger partial charge on any atom is 0.112 e. The van der Waals surface area contributed by atoms with Crippen molar-refractivity contribution in [3.63, 3.8) is 0 Å². The van der Waals surface area contributed by atoms with Gasteiger partial charge in [0.15, 0.2) is 0 Å². The van der Waals surface area contributed by atoms with Crippen LogP contribution < -0.4 is 0 Å². The normalized spacial score (nSPS) is 18.3. The lowest BCUT2D eigenvalue weighted by Crippen LogP contribution is -2.55. The third-order valence-corrected chi connectivity index (χ3v) is 3.99. The quantitative estimate of drug-likeness (QED) is 0.543. The highest BCUT2D eigenvalue weighted by atomic mass is 16.6. The van der Waals surface area contributed by atoms with Gasteiger partial charge in [0.1, 0.15) is 12.2 Å². The molecule has 6 heteroatoms. The van der Waals surface area contributed by atoms with Crippen LogP contribution in [0.3, 0.4) is 0 Å². The summed E-state index contributed by atoms with van der Waals surface area (Å²) in [5.74, 6) is 0. The summed E-state index contributed by atoms with van der Waals surface area (Å²) in [6, 6.07) is 0. The summed E-state index contributed by atoms with van der Waals surface area (Å²) in [6.45, 7) is 5.04. The van der Waals surface area contributed by atoms with Crippen LogP contribution >= 0.6 is 0 Å². The summed E-state index contributed by atoms with van der Waals surface area (Å²) in [4.78, 5) is 0. The van der Waals surface area contributed by atoms with E-state index in [4.69, 9.17) is 28.4 Å². The first kappa shape index (κ1) is 20.8. The second-order valence-corrected chi connectivity index (χ2v) is 5.59. The Balaban J connectivity index is 5.30. The van der Waals surface area contributed by atoms with E-state index in [-0.39, 0.29) is 29.8 Å². The van der Waals surface area contributed by atoms with Crippen molar-refractivity contribution in [2.24, 2.45) is 5.41 Å². The van der Waals surface area contributed by atoms with E-state index in [1.54, 1.807) is 42.7 Å². The van der Waals surface area contributed by atoms with Crippen molar-refractivity contribution in [1.29, 1.82) is 0 Å². The minimum atomic E-state index is -0.343. The molecule has 128 valence electrons. The number of ether oxygens (including phenoxy) is 6. The summed E-state index contributed by atoms with van der Waals surface area (Å²) in [5, 5.41) is 0. The number of hydrogen-bond donors (Lipinski definition) is 0. The Morgan fingerprint density at radius 3 is 1.62 bits per heavy atom. The van der Waals surface area contributed by atoms with Gasteiger partial charge in [-0.1, -0.05) is 13.8 Å². The molecule has 0 radical (unpaired) electrons. The Bertz CT molecular complexity index is 259. The summed E-state index contributed by atoms with van der Waals surface area (Å²) in [7, 11) is 9.90. The first-order chi connectivity index (χ1) is 9.94. The van der Waals surface area contributed by atoms with Gasteiger partial charge in [-0.2, -0.15) is 0 Å². The van der Waals surface area contributed by atoms with Crippen LogP contribution in [-0.4, -0.2) is 80.3 Å². The topological polar surface area (TPSA) is 55.4 Å². The summed E-state index contributed by atoms with van der Waals surface area (Å²) in [5.41, 5.74) is -0.343. The fourth-order valence-corrected chi connectivity index (χ4v) is 2.71. The third-order valence-electron chi connectivity index (χ3n) is 3.99. The lowest BCUT2D eigenvalue weighted by molar-refractivity contribution is -0.183. The molecule has 6 nitrogen and oxygen atoms in total. The molecule has 21 heavy (non-hydrogen) atoms. The average molecular weight is 308 g/mol. The van der Waals surface area contributed by atoms with Crippen LogP contribution in [0.25, 0.3) is 0 Å². The smallest absolute Gasteiger partial charge is 0.112 e. The second kappa shape index (κ2) is 10.5. The highest BCUT2D eigenvalue weighted by molar-refractivity contribution is 4.94. The lowest BCUT2D eigenvalue weighted by atomic mass is 9.77. The third kappa shape index (κ3) is 5.47. The van der Waals surface area contributed by atoms with Gasteiger partial charge < -0.3 is 28.4 Å². The highest BCUT2D eigenvalue weighted by Crippen LogP contribution is 2.34. The van der Waals surface area contributed by atoms with Crippen LogP contribution in [0.5, 0.6) is 0 Å². The number of rotatable bonds is 12. The highest BCUT2D eigenvalue weighted by Gasteiger charge is 2.45. The van der Waals surface area contributed by atoms with Gasteiger partial charge in [0.25, 0.3) is 0 Å². The van der Waals surface area contributed by atoms with E-state index < -0.39 is 0 Å². The molecule has 0 aliphatic carbocycles. The molecule has 0 N–H and O–H groups in total. The molecule has 0 saturated carbocycles. The minimum Gasteiger partial charge on any atom is -0.382 e. The zero-order valence-electron chi connectivity index (χ0n) is 14.7. The molecule has 0 aromatic rings. The van der Waals surface area contributed by atoms with Gasteiger partial charge in [-0.15, -0.1) is 0 Å². The van der Waals surface area contributed by atoms with E-state index in [0.717, 1.165) is 0 Å². The molecule has 0 aromatic heterocycles. The SMILES string of the molecule is COCC(OC)C(OC)C(OC)C(C)(C)C(COC)OC. The van der Waals surface area contributed by atoms with Crippen molar-refractivity contribution in [2.45, 2.75) is 38.3 Å². The molecule has 0 heterocycles. The molecule has 0 bridgehead atoms. The van der Waals surface area contributed by atoms with E-state index in [9.17, 15) is 0 Å². The summed E-state index contributed by atoms with van der Waals surface area (Å²) in [6.07, 6.45) is -0.901. The summed E-state index contributed by atoms with van der Waals surface area (Å²) < 4.78 is 32.9. The van der Waals surface area contributed by atoms with E-state index in [1.165, 1.54) is 0 Å². The fourth-order valence-electron chi connectivity index (χ4n) is 2.71. The molecule has 4 atom stereocenters. The number of methoxy groups -OCH3 is 6. The Morgan fingerprint density at radius 1 is 0.714 bits per heavy atom. The van der Waals surface area contributed by atoms with Crippen molar-refractivity contribution < 1.29 is 28.4 Å². The lowest BCUT2D eigenvalue weighted by Gasteiger charge is -2.43. The Hall–Kier alpha value is -0.240.